The van der Waals surface area contributed by atoms with Gasteiger partial charge in [0.2, 0.25) is 10.0 Å². The van der Waals surface area contributed by atoms with Crippen molar-refractivity contribution in [2.75, 3.05) is 30.0 Å². The van der Waals surface area contributed by atoms with Crippen molar-refractivity contribution in [2.45, 2.75) is 17.1 Å². The van der Waals surface area contributed by atoms with E-state index in [-0.39, 0.29) is 5.75 Å². The maximum Gasteiger partial charge on any atom is 0.212 e. The van der Waals surface area contributed by atoms with Gasteiger partial charge < -0.3 is 5.73 Å². The van der Waals surface area contributed by atoms with Crippen LogP contribution in [0, 0.1) is 0 Å². The number of hydrogen-bond donors (Lipinski definition) is 2. The van der Waals surface area contributed by atoms with E-state index in [1.54, 1.807) is 11.8 Å². The van der Waals surface area contributed by atoms with Crippen LogP contribution in [-0.2, 0) is 10.0 Å². The van der Waals surface area contributed by atoms with Crippen LogP contribution in [0.5, 0.6) is 0 Å². The smallest absolute Gasteiger partial charge is 0.212 e. The van der Waals surface area contributed by atoms with Crippen LogP contribution in [0.3, 0.4) is 0 Å². The third kappa shape index (κ3) is 7.10. The summed E-state index contributed by atoms with van der Waals surface area (Å²) in [5, 5.41) is 0.291. The first-order valence-corrected chi connectivity index (χ1v) is 9.84. The van der Waals surface area contributed by atoms with Gasteiger partial charge in [0.1, 0.15) is 0 Å². The molecule has 0 saturated heterocycles. The maximum atomic E-state index is 11.7. The molecule has 0 fully saturated rings. The lowest BCUT2D eigenvalue weighted by atomic mass is 10.3. The third-order valence-corrected chi connectivity index (χ3v) is 6.09. The van der Waals surface area contributed by atoms with Crippen LogP contribution in [0.1, 0.15) is 6.92 Å². The molecule has 0 aliphatic carbocycles. The highest BCUT2D eigenvalue weighted by Crippen LogP contribution is 2.19. The lowest BCUT2D eigenvalue weighted by molar-refractivity contribution is 0.583. The Balaban J connectivity index is 2.33. The summed E-state index contributed by atoms with van der Waals surface area (Å²) < 4.78 is 26.1. The number of nitrogens with one attached hydrogen (secondary N) is 1. The van der Waals surface area contributed by atoms with Gasteiger partial charge in [0, 0.05) is 28.1 Å². The topological polar surface area (TPSA) is 72.2 Å². The van der Waals surface area contributed by atoms with Crippen molar-refractivity contribution in [2.24, 2.45) is 0 Å². The fourth-order valence-corrected chi connectivity index (χ4v) is 4.01. The fraction of sp³-hybridized carbons (Fsp3) is 0.500. The molecule has 0 spiro atoms. The van der Waals surface area contributed by atoms with Crippen molar-refractivity contribution in [3.05, 3.63) is 24.3 Å². The standard InChI is InChI=1S/C12H20N2O2S3/c1-10(17-2)9-14-19(15,16)8-7-18-12-5-3-11(13)4-6-12/h3-6,10,14H,7-9,13H2,1-2H3. The number of anilines is 1. The number of hydrogen-bond acceptors (Lipinski definition) is 5. The number of thioether (sulfide) groups is 2. The van der Waals surface area contributed by atoms with E-state index in [9.17, 15) is 8.42 Å². The molecule has 0 saturated carbocycles. The normalized spacial score (nSPS) is 13.4. The molecule has 4 nitrogen and oxygen atoms in total. The Morgan fingerprint density at radius 1 is 1.32 bits per heavy atom. The largest absolute Gasteiger partial charge is 0.399 e. The first-order valence-electron chi connectivity index (χ1n) is 5.91. The second-order valence-corrected chi connectivity index (χ2v) is 8.50. The van der Waals surface area contributed by atoms with E-state index in [0.29, 0.717) is 23.2 Å². The molecule has 1 rings (SSSR count). The van der Waals surface area contributed by atoms with Crippen molar-refractivity contribution in [3.8, 4) is 0 Å². The van der Waals surface area contributed by atoms with Gasteiger partial charge in [0.05, 0.1) is 5.75 Å². The summed E-state index contributed by atoms with van der Waals surface area (Å²) in [4.78, 5) is 1.03. The molecule has 3 N–H and O–H groups in total. The first-order chi connectivity index (χ1) is 8.93. The maximum absolute atomic E-state index is 11.7. The van der Waals surface area contributed by atoms with Gasteiger partial charge in [-0.2, -0.15) is 11.8 Å². The van der Waals surface area contributed by atoms with Gasteiger partial charge in [0.25, 0.3) is 0 Å². The van der Waals surface area contributed by atoms with E-state index < -0.39 is 10.0 Å². The monoisotopic (exact) mass is 320 g/mol. The Labute approximate surface area is 124 Å². The first kappa shape index (κ1) is 16.7. The average Bonchev–Trinajstić information content (AvgIpc) is 2.38. The Kier molecular flexibility index (Phi) is 7.06. The van der Waals surface area contributed by atoms with Gasteiger partial charge in [-0.15, -0.1) is 11.8 Å². The predicted octanol–water partition coefficient (Wildman–Crippen LogP) is 2.03. The highest BCUT2D eigenvalue weighted by Gasteiger charge is 2.11. The number of sulfonamides is 1. The van der Waals surface area contributed by atoms with E-state index >= 15 is 0 Å². The summed E-state index contributed by atoms with van der Waals surface area (Å²) >= 11 is 3.16. The Morgan fingerprint density at radius 3 is 2.53 bits per heavy atom. The van der Waals surface area contributed by atoms with Crippen LogP contribution in [0.4, 0.5) is 5.69 Å². The van der Waals surface area contributed by atoms with Gasteiger partial charge in [-0.25, -0.2) is 13.1 Å². The SMILES string of the molecule is CSC(C)CNS(=O)(=O)CCSc1ccc(N)cc1. The number of benzene rings is 1. The fourth-order valence-electron chi connectivity index (χ4n) is 1.23. The molecule has 108 valence electrons. The zero-order valence-corrected chi connectivity index (χ0v) is 13.6. The average molecular weight is 321 g/mol. The molecule has 1 atom stereocenters. The minimum Gasteiger partial charge on any atom is -0.399 e. The molecule has 0 aliphatic heterocycles. The molecule has 1 aromatic carbocycles. The van der Waals surface area contributed by atoms with Crippen molar-refractivity contribution in [1.82, 2.24) is 4.72 Å². The molecule has 1 aromatic rings. The van der Waals surface area contributed by atoms with Crippen molar-refractivity contribution in [3.63, 3.8) is 0 Å². The van der Waals surface area contributed by atoms with Crippen molar-refractivity contribution >= 4 is 39.2 Å². The zero-order valence-electron chi connectivity index (χ0n) is 11.1. The summed E-state index contributed by atoms with van der Waals surface area (Å²) in [5.41, 5.74) is 6.30. The second kappa shape index (κ2) is 8.04. The minimum atomic E-state index is -3.17. The van der Waals surface area contributed by atoms with Crippen LogP contribution in [0.15, 0.2) is 29.2 Å². The molecule has 0 bridgehead atoms. The Morgan fingerprint density at radius 2 is 1.95 bits per heavy atom. The molecule has 0 aromatic heterocycles. The summed E-state index contributed by atoms with van der Waals surface area (Å²) in [6, 6.07) is 7.43. The minimum absolute atomic E-state index is 0.128. The highest BCUT2D eigenvalue weighted by molar-refractivity contribution is 8.00. The molecular formula is C12H20N2O2S3. The lowest BCUT2D eigenvalue weighted by Crippen LogP contribution is -2.32. The summed E-state index contributed by atoms with van der Waals surface area (Å²) in [6.07, 6.45) is 1.97. The number of nitrogen functional groups attached to an aromatic ring is 1. The molecule has 0 amide bonds. The van der Waals surface area contributed by atoms with Gasteiger partial charge >= 0.3 is 0 Å². The van der Waals surface area contributed by atoms with E-state index in [1.165, 1.54) is 11.8 Å². The summed E-state index contributed by atoms with van der Waals surface area (Å²) in [5.74, 6) is 0.663. The molecular weight excluding hydrogens is 300 g/mol. The molecule has 0 heterocycles. The van der Waals surface area contributed by atoms with Gasteiger partial charge in [-0.3, -0.25) is 0 Å². The van der Waals surface area contributed by atoms with Gasteiger partial charge in [-0.05, 0) is 30.5 Å². The number of nitrogens with two attached hydrogens (primary N) is 1. The summed E-state index contributed by atoms with van der Waals surface area (Å²) in [6.45, 7) is 2.48. The van der Waals surface area contributed by atoms with E-state index in [1.807, 2.05) is 37.4 Å². The highest BCUT2D eigenvalue weighted by atomic mass is 32.2. The summed E-state index contributed by atoms with van der Waals surface area (Å²) in [7, 11) is -3.17. The molecule has 19 heavy (non-hydrogen) atoms. The molecule has 1 unspecified atom stereocenters. The van der Waals surface area contributed by atoms with Crippen LogP contribution in [-0.4, -0.2) is 38.0 Å². The predicted molar refractivity (Wildman–Crippen MR) is 86.3 cm³/mol. The quantitative estimate of drug-likeness (QED) is 0.566. The van der Waals surface area contributed by atoms with Crippen molar-refractivity contribution < 1.29 is 8.42 Å². The lowest BCUT2D eigenvalue weighted by Gasteiger charge is -2.10. The second-order valence-electron chi connectivity index (χ2n) is 4.13. The third-order valence-electron chi connectivity index (χ3n) is 2.49. The van der Waals surface area contributed by atoms with Crippen LogP contribution in [0.25, 0.3) is 0 Å². The van der Waals surface area contributed by atoms with Crippen LogP contribution in [0.2, 0.25) is 0 Å². The van der Waals surface area contributed by atoms with Gasteiger partial charge in [0.15, 0.2) is 0 Å². The molecule has 0 aliphatic rings. The molecule has 0 radical (unpaired) electrons. The van der Waals surface area contributed by atoms with Crippen molar-refractivity contribution in [1.29, 1.82) is 0 Å². The van der Waals surface area contributed by atoms with E-state index in [4.69, 9.17) is 5.73 Å². The molecule has 7 heteroatoms. The van der Waals surface area contributed by atoms with E-state index in [2.05, 4.69) is 4.72 Å². The van der Waals surface area contributed by atoms with Crippen LogP contribution < -0.4 is 10.5 Å². The Bertz CT molecular complexity index is 474. The van der Waals surface area contributed by atoms with Crippen LogP contribution >= 0.6 is 23.5 Å². The van der Waals surface area contributed by atoms with Gasteiger partial charge in [-0.1, -0.05) is 6.92 Å². The zero-order chi connectivity index (χ0) is 14.3. The number of rotatable bonds is 8. The van der Waals surface area contributed by atoms with E-state index in [0.717, 1.165) is 4.90 Å². The Hall–Kier alpha value is -0.370.